The molecule has 0 aliphatic carbocycles. The number of ether oxygens (including phenoxy) is 1. The van der Waals surface area contributed by atoms with Crippen molar-refractivity contribution in [3.8, 4) is 0 Å². The minimum Gasteiger partial charge on any atom is -0.444 e. The largest absolute Gasteiger partial charge is 0.444 e. The normalized spacial score (nSPS) is 18.6. The number of carbonyl (C=O) groups excluding carboxylic acids is 1. The summed E-state index contributed by atoms with van der Waals surface area (Å²) in [5, 5.41) is 0.422. The molecule has 1 atom stereocenters. The fraction of sp³-hybridized carbons (Fsp3) is 0.611. The Morgan fingerprint density at radius 1 is 1.31 bits per heavy atom. The molecule has 1 aliphatic heterocycles. The van der Waals surface area contributed by atoms with Crippen LogP contribution in [0.3, 0.4) is 0 Å². The number of carbonyl (C=O) groups is 1. The highest BCUT2D eigenvalue weighted by Crippen LogP contribution is 2.21. The highest BCUT2D eigenvalue weighted by molar-refractivity contribution is 7.88. The average Bonchev–Trinajstić information content (AvgIpc) is 2.54. The molecule has 0 saturated carbocycles. The van der Waals surface area contributed by atoms with Crippen molar-refractivity contribution in [3.05, 3.63) is 34.9 Å². The van der Waals surface area contributed by atoms with Crippen molar-refractivity contribution >= 4 is 27.7 Å². The van der Waals surface area contributed by atoms with E-state index in [0.717, 1.165) is 19.3 Å². The van der Waals surface area contributed by atoms with E-state index in [1.54, 1.807) is 29.2 Å². The number of hydrogen-bond acceptors (Lipinski definition) is 4. The molecule has 0 bridgehead atoms. The van der Waals surface area contributed by atoms with Gasteiger partial charge in [0.15, 0.2) is 0 Å². The summed E-state index contributed by atoms with van der Waals surface area (Å²) < 4.78 is 32.9. The van der Waals surface area contributed by atoms with Crippen LogP contribution in [-0.2, 0) is 20.5 Å². The fourth-order valence-corrected chi connectivity index (χ4v) is 4.36. The number of nitrogens with one attached hydrogen (secondary N) is 1. The van der Waals surface area contributed by atoms with Gasteiger partial charge in [0.1, 0.15) is 5.60 Å². The van der Waals surface area contributed by atoms with Crippen LogP contribution >= 0.6 is 11.6 Å². The smallest absolute Gasteiger partial charge is 0.410 e. The minimum absolute atomic E-state index is 0.173. The van der Waals surface area contributed by atoms with Gasteiger partial charge in [-0.15, -0.1) is 0 Å². The number of likely N-dealkylation sites (tertiary alicyclic amines) is 1. The number of halogens is 1. The number of piperidine rings is 1. The lowest BCUT2D eigenvalue weighted by Crippen LogP contribution is -2.50. The molecule has 1 fully saturated rings. The lowest BCUT2D eigenvalue weighted by Gasteiger charge is -2.36. The zero-order valence-corrected chi connectivity index (χ0v) is 17.1. The summed E-state index contributed by atoms with van der Waals surface area (Å²) in [6.07, 6.45) is 2.19. The molecule has 1 N–H and O–H groups in total. The standard InChI is InChI=1S/C18H27ClN2O4S/c1-18(2,3)25-17(22)21-11-7-6-9-15(21)12-20-26(23,24)13-14-8-4-5-10-16(14)19/h4-5,8,10,15,20H,6-7,9,11-13H2,1-3H3/t15-/m0/s1. The molecule has 0 unspecified atom stereocenters. The molecule has 2 rings (SSSR count). The van der Waals surface area contributed by atoms with Crippen LogP contribution in [-0.4, -0.2) is 44.1 Å². The van der Waals surface area contributed by atoms with Gasteiger partial charge in [0.2, 0.25) is 10.0 Å². The van der Waals surface area contributed by atoms with Crippen LogP contribution in [0.4, 0.5) is 4.79 Å². The van der Waals surface area contributed by atoms with Gasteiger partial charge in [-0.25, -0.2) is 17.9 Å². The summed E-state index contributed by atoms with van der Waals surface area (Å²) in [6.45, 7) is 6.19. The Morgan fingerprint density at radius 3 is 2.65 bits per heavy atom. The molecule has 26 heavy (non-hydrogen) atoms. The molecule has 1 amide bonds. The van der Waals surface area contributed by atoms with Gasteiger partial charge in [-0.2, -0.15) is 0 Å². The van der Waals surface area contributed by atoms with Crippen molar-refractivity contribution in [2.75, 3.05) is 13.1 Å². The quantitative estimate of drug-likeness (QED) is 0.817. The summed E-state index contributed by atoms with van der Waals surface area (Å²) in [6, 6.07) is 6.65. The lowest BCUT2D eigenvalue weighted by molar-refractivity contribution is 0.0105. The van der Waals surface area contributed by atoms with E-state index in [-0.39, 0.29) is 18.3 Å². The third-order valence-electron chi connectivity index (χ3n) is 4.10. The van der Waals surface area contributed by atoms with Gasteiger partial charge in [0.05, 0.1) is 5.75 Å². The van der Waals surface area contributed by atoms with Gasteiger partial charge in [0, 0.05) is 24.2 Å². The first kappa shape index (κ1) is 21.0. The van der Waals surface area contributed by atoms with E-state index in [1.807, 2.05) is 20.8 Å². The van der Waals surface area contributed by atoms with Crippen LogP contribution in [0.2, 0.25) is 5.02 Å². The second kappa shape index (κ2) is 8.59. The van der Waals surface area contributed by atoms with Crippen molar-refractivity contribution in [2.24, 2.45) is 0 Å². The van der Waals surface area contributed by atoms with Gasteiger partial charge in [0.25, 0.3) is 0 Å². The summed E-state index contributed by atoms with van der Waals surface area (Å²) in [5.41, 5.74) is -0.0304. The predicted molar refractivity (Wildman–Crippen MR) is 103 cm³/mol. The lowest BCUT2D eigenvalue weighted by atomic mass is 10.0. The van der Waals surface area contributed by atoms with E-state index >= 15 is 0 Å². The van der Waals surface area contributed by atoms with Crippen molar-refractivity contribution < 1.29 is 17.9 Å². The first-order valence-electron chi connectivity index (χ1n) is 8.78. The van der Waals surface area contributed by atoms with Crippen molar-refractivity contribution in [3.63, 3.8) is 0 Å². The maximum absolute atomic E-state index is 12.4. The van der Waals surface area contributed by atoms with Gasteiger partial charge in [-0.05, 0) is 51.7 Å². The summed E-state index contributed by atoms with van der Waals surface area (Å²) >= 11 is 6.04. The number of rotatable bonds is 5. The highest BCUT2D eigenvalue weighted by Gasteiger charge is 2.31. The topological polar surface area (TPSA) is 75.7 Å². The van der Waals surface area contributed by atoms with Crippen LogP contribution in [0.1, 0.15) is 45.6 Å². The van der Waals surface area contributed by atoms with E-state index < -0.39 is 21.7 Å². The minimum atomic E-state index is -3.55. The third kappa shape index (κ3) is 6.45. The molecule has 0 aromatic heterocycles. The predicted octanol–water partition coefficient (Wildman–Crippen LogP) is 3.55. The Kier molecular flexibility index (Phi) is 6.93. The molecule has 146 valence electrons. The monoisotopic (exact) mass is 402 g/mol. The first-order chi connectivity index (χ1) is 12.1. The highest BCUT2D eigenvalue weighted by atomic mass is 35.5. The zero-order chi connectivity index (χ0) is 19.4. The number of hydrogen-bond donors (Lipinski definition) is 1. The summed E-state index contributed by atoms with van der Waals surface area (Å²) in [4.78, 5) is 14.0. The van der Waals surface area contributed by atoms with E-state index in [4.69, 9.17) is 16.3 Å². The van der Waals surface area contributed by atoms with Crippen LogP contribution in [0, 0.1) is 0 Å². The van der Waals surface area contributed by atoms with Crippen molar-refractivity contribution in [1.29, 1.82) is 0 Å². The second-order valence-electron chi connectivity index (χ2n) is 7.52. The van der Waals surface area contributed by atoms with E-state index in [1.165, 1.54) is 0 Å². The SMILES string of the molecule is CC(C)(C)OC(=O)N1CCCC[C@H]1CNS(=O)(=O)Cc1ccccc1Cl. The maximum Gasteiger partial charge on any atom is 0.410 e. The second-order valence-corrected chi connectivity index (χ2v) is 9.74. The Balaban J connectivity index is 1.99. The van der Waals surface area contributed by atoms with E-state index in [2.05, 4.69) is 4.72 Å². The Hall–Kier alpha value is -1.31. The van der Waals surface area contributed by atoms with Crippen molar-refractivity contribution in [1.82, 2.24) is 9.62 Å². The summed E-state index contributed by atoms with van der Waals surface area (Å²) in [5.74, 6) is -0.189. The third-order valence-corrected chi connectivity index (χ3v) is 5.76. The first-order valence-corrected chi connectivity index (χ1v) is 10.8. The molecule has 1 aromatic rings. The number of sulfonamides is 1. The Morgan fingerprint density at radius 2 is 2.00 bits per heavy atom. The molecule has 6 nitrogen and oxygen atoms in total. The number of nitrogens with zero attached hydrogens (tertiary/aromatic N) is 1. The molecule has 1 aliphatic rings. The van der Waals surface area contributed by atoms with Crippen LogP contribution < -0.4 is 4.72 Å². The molecular formula is C18H27ClN2O4S. The molecular weight excluding hydrogens is 376 g/mol. The van der Waals surface area contributed by atoms with Crippen LogP contribution in [0.5, 0.6) is 0 Å². The van der Waals surface area contributed by atoms with Gasteiger partial charge in [-0.1, -0.05) is 29.8 Å². The molecule has 0 spiro atoms. The molecule has 1 aromatic carbocycles. The van der Waals surface area contributed by atoms with Gasteiger partial charge >= 0.3 is 6.09 Å². The number of benzene rings is 1. The molecule has 1 heterocycles. The number of amides is 1. The average molecular weight is 403 g/mol. The van der Waals surface area contributed by atoms with E-state index in [9.17, 15) is 13.2 Å². The molecule has 0 radical (unpaired) electrons. The maximum atomic E-state index is 12.4. The van der Waals surface area contributed by atoms with Crippen LogP contribution in [0.15, 0.2) is 24.3 Å². The Labute approximate surface area is 160 Å². The molecule has 8 heteroatoms. The van der Waals surface area contributed by atoms with Crippen molar-refractivity contribution in [2.45, 2.75) is 57.4 Å². The van der Waals surface area contributed by atoms with Crippen LogP contribution in [0.25, 0.3) is 0 Å². The Bertz CT molecular complexity index is 731. The molecule has 1 saturated heterocycles. The van der Waals surface area contributed by atoms with E-state index in [0.29, 0.717) is 17.1 Å². The fourth-order valence-electron chi connectivity index (χ4n) is 2.87. The summed E-state index contributed by atoms with van der Waals surface area (Å²) in [7, 11) is -3.55. The zero-order valence-electron chi connectivity index (χ0n) is 15.5. The van der Waals surface area contributed by atoms with Gasteiger partial charge in [-0.3, -0.25) is 0 Å². The van der Waals surface area contributed by atoms with Gasteiger partial charge < -0.3 is 9.64 Å².